The molecule has 0 unspecified atom stereocenters. The zero-order valence-electron chi connectivity index (χ0n) is 10.2. The molecule has 0 aromatic heterocycles. The molecule has 0 bridgehead atoms. The Labute approximate surface area is 111 Å². The molecule has 0 amide bonds. The first-order chi connectivity index (χ1) is 8.63. The molecule has 0 spiro atoms. The van der Waals surface area contributed by atoms with Crippen molar-refractivity contribution in [1.29, 1.82) is 0 Å². The summed E-state index contributed by atoms with van der Waals surface area (Å²) in [6, 6.07) is 6.54. The Kier molecular flexibility index (Phi) is 4.56. The number of alkyl halides is 1. The number of rotatable bonds is 4. The second-order valence-electron chi connectivity index (χ2n) is 4.54. The lowest BCUT2D eigenvalue weighted by Crippen LogP contribution is -2.47. The van der Waals surface area contributed by atoms with Crippen LogP contribution in [0.25, 0.3) is 0 Å². The van der Waals surface area contributed by atoms with Crippen LogP contribution in [0.1, 0.15) is 12.5 Å². The van der Waals surface area contributed by atoms with Crippen LogP contribution < -0.4 is 0 Å². The Balaban J connectivity index is 1.88. The van der Waals surface area contributed by atoms with Crippen LogP contribution in [0.3, 0.4) is 0 Å². The fraction of sp³-hybridized carbons (Fsp3) is 0.538. The van der Waals surface area contributed by atoms with Gasteiger partial charge in [0.05, 0.1) is 25.7 Å². The Morgan fingerprint density at radius 2 is 2.06 bits per heavy atom. The first-order valence-corrected chi connectivity index (χ1v) is 6.33. The zero-order chi connectivity index (χ0) is 13.0. The lowest BCUT2D eigenvalue weighted by atomic mass is 10.1. The maximum Gasteiger partial charge on any atom is 0.171 e. The van der Waals surface area contributed by atoms with Gasteiger partial charge in [-0.1, -0.05) is 18.2 Å². The summed E-state index contributed by atoms with van der Waals surface area (Å²) in [4.78, 5) is 0. The van der Waals surface area contributed by atoms with Gasteiger partial charge >= 0.3 is 0 Å². The second kappa shape index (κ2) is 5.97. The minimum atomic E-state index is -0.565. The number of hydrogen-bond acceptors (Lipinski definition) is 3. The molecule has 0 aliphatic carbocycles. The smallest absolute Gasteiger partial charge is 0.171 e. The quantitative estimate of drug-likeness (QED) is 0.790. The normalized spacial score (nSPS) is 28.3. The Hall–Kier alpha value is -0.680. The van der Waals surface area contributed by atoms with E-state index in [4.69, 9.17) is 25.8 Å². The van der Waals surface area contributed by atoms with E-state index in [0.29, 0.717) is 24.7 Å². The summed E-state index contributed by atoms with van der Waals surface area (Å²) in [5.41, 5.74) is -0.0385. The van der Waals surface area contributed by atoms with Gasteiger partial charge in [-0.05, 0) is 13.0 Å². The molecule has 100 valence electrons. The summed E-state index contributed by atoms with van der Waals surface area (Å²) in [6.45, 7) is 2.84. The monoisotopic (exact) mass is 274 g/mol. The first-order valence-electron chi connectivity index (χ1n) is 5.79. The van der Waals surface area contributed by atoms with Crippen molar-refractivity contribution in [2.75, 3.05) is 19.1 Å². The van der Waals surface area contributed by atoms with Gasteiger partial charge in [-0.15, -0.1) is 11.6 Å². The molecule has 1 fully saturated rings. The molecule has 1 aromatic carbocycles. The van der Waals surface area contributed by atoms with Crippen molar-refractivity contribution in [3.05, 3.63) is 35.6 Å². The standard InChI is InChI=1S/C13H16ClFO3/c1-13(8-16-12(6-14)17-9-13)18-7-10-4-2-3-5-11(10)15/h2-5,12H,6-9H2,1H3. The van der Waals surface area contributed by atoms with E-state index in [9.17, 15) is 4.39 Å². The molecule has 1 heterocycles. The van der Waals surface area contributed by atoms with Gasteiger partial charge in [-0.25, -0.2) is 4.39 Å². The van der Waals surface area contributed by atoms with Crippen LogP contribution in [0.15, 0.2) is 24.3 Å². The number of ether oxygens (including phenoxy) is 3. The minimum Gasteiger partial charge on any atom is -0.366 e. The second-order valence-corrected chi connectivity index (χ2v) is 4.84. The summed E-state index contributed by atoms with van der Waals surface area (Å²) in [5.74, 6) is 0.0287. The van der Waals surface area contributed by atoms with E-state index in [0.717, 1.165) is 0 Å². The highest BCUT2D eigenvalue weighted by Gasteiger charge is 2.33. The molecule has 0 saturated carbocycles. The molecule has 0 radical (unpaired) electrons. The zero-order valence-corrected chi connectivity index (χ0v) is 11.0. The molecule has 5 heteroatoms. The van der Waals surface area contributed by atoms with E-state index in [1.54, 1.807) is 18.2 Å². The maximum atomic E-state index is 13.4. The van der Waals surface area contributed by atoms with E-state index in [1.807, 2.05) is 6.92 Å². The van der Waals surface area contributed by atoms with Crippen LogP contribution in [0, 0.1) is 5.82 Å². The van der Waals surface area contributed by atoms with Gasteiger partial charge in [-0.3, -0.25) is 0 Å². The largest absolute Gasteiger partial charge is 0.366 e. The Morgan fingerprint density at radius 3 is 2.67 bits per heavy atom. The van der Waals surface area contributed by atoms with E-state index in [-0.39, 0.29) is 18.7 Å². The molecule has 18 heavy (non-hydrogen) atoms. The van der Waals surface area contributed by atoms with Gasteiger partial charge < -0.3 is 14.2 Å². The highest BCUT2D eigenvalue weighted by molar-refractivity contribution is 6.18. The van der Waals surface area contributed by atoms with E-state index >= 15 is 0 Å². The van der Waals surface area contributed by atoms with E-state index in [1.165, 1.54) is 6.07 Å². The van der Waals surface area contributed by atoms with Crippen molar-refractivity contribution in [3.8, 4) is 0 Å². The predicted molar refractivity (Wildman–Crippen MR) is 66.0 cm³/mol. The average molecular weight is 275 g/mol. The van der Waals surface area contributed by atoms with Gasteiger partial charge in [0, 0.05) is 5.56 Å². The SMILES string of the molecule is CC1(OCc2ccccc2F)COC(CCl)OC1. The molecule has 2 rings (SSSR count). The summed E-state index contributed by atoms with van der Waals surface area (Å²) in [6.07, 6.45) is -0.378. The first kappa shape index (κ1) is 13.7. The Morgan fingerprint density at radius 1 is 1.39 bits per heavy atom. The third-order valence-electron chi connectivity index (χ3n) is 2.81. The van der Waals surface area contributed by atoms with Crippen molar-refractivity contribution in [3.63, 3.8) is 0 Å². The maximum absolute atomic E-state index is 13.4. The molecule has 1 aliphatic rings. The molecular formula is C13H16ClFO3. The minimum absolute atomic E-state index is 0.196. The van der Waals surface area contributed by atoms with Crippen molar-refractivity contribution < 1.29 is 18.6 Å². The van der Waals surface area contributed by atoms with E-state index in [2.05, 4.69) is 0 Å². The summed E-state index contributed by atoms with van der Waals surface area (Å²) in [7, 11) is 0. The molecule has 1 saturated heterocycles. The molecule has 3 nitrogen and oxygen atoms in total. The van der Waals surface area contributed by atoms with Gasteiger partial charge in [0.15, 0.2) is 6.29 Å². The lowest BCUT2D eigenvalue weighted by molar-refractivity contribution is -0.255. The van der Waals surface area contributed by atoms with Crippen LogP contribution in [0.4, 0.5) is 4.39 Å². The van der Waals surface area contributed by atoms with Crippen molar-refractivity contribution in [1.82, 2.24) is 0 Å². The van der Waals surface area contributed by atoms with Crippen LogP contribution >= 0.6 is 11.6 Å². The third-order valence-corrected chi connectivity index (χ3v) is 3.06. The summed E-state index contributed by atoms with van der Waals surface area (Å²) >= 11 is 5.63. The predicted octanol–water partition coefficient (Wildman–Crippen LogP) is 2.71. The van der Waals surface area contributed by atoms with Crippen molar-refractivity contribution in [2.45, 2.75) is 25.4 Å². The van der Waals surface area contributed by atoms with Crippen LogP contribution in [0.5, 0.6) is 0 Å². The summed E-state index contributed by atoms with van der Waals surface area (Å²) in [5, 5.41) is 0. The highest BCUT2D eigenvalue weighted by atomic mass is 35.5. The Bertz CT molecular complexity index is 392. The molecule has 0 atom stereocenters. The average Bonchev–Trinajstić information content (AvgIpc) is 2.39. The van der Waals surface area contributed by atoms with Crippen molar-refractivity contribution >= 4 is 11.6 Å². The van der Waals surface area contributed by atoms with Crippen molar-refractivity contribution in [2.24, 2.45) is 0 Å². The van der Waals surface area contributed by atoms with Gasteiger partial charge in [0.1, 0.15) is 11.4 Å². The van der Waals surface area contributed by atoms with E-state index < -0.39 is 5.60 Å². The van der Waals surface area contributed by atoms with Gasteiger partial charge in [0.2, 0.25) is 0 Å². The van der Waals surface area contributed by atoms with Crippen LogP contribution in [0.2, 0.25) is 0 Å². The fourth-order valence-electron chi connectivity index (χ4n) is 1.67. The fourth-order valence-corrected chi connectivity index (χ4v) is 1.85. The van der Waals surface area contributed by atoms with Crippen LogP contribution in [-0.2, 0) is 20.8 Å². The van der Waals surface area contributed by atoms with Gasteiger partial charge in [-0.2, -0.15) is 0 Å². The molecule has 0 N–H and O–H groups in total. The topological polar surface area (TPSA) is 27.7 Å². The highest BCUT2D eigenvalue weighted by Crippen LogP contribution is 2.22. The molecular weight excluding hydrogens is 259 g/mol. The summed E-state index contributed by atoms with van der Waals surface area (Å²) < 4.78 is 29.9. The molecule has 1 aromatic rings. The van der Waals surface area contributed by atoms with Gasteiger partial charge in [0.25, 0.3) is 0 Å². The lowest BCUT2D eigenvalue weighted by Gasteiger charge is -2.36. The number of halogens is 2. The number of hydrogen-bond donors (Lipinski definition) is 0. The third kappa shape index (κ3) is 3.42. The number of benzene rings is 1. The van der Waals surface area contributed by atoms with Crippen LogP contribution in [-0.4, -0.2) is 31.0 Å². The molecule has 1 aliphatic heterocycles.